The van der Waals surface area contributed by atoms with Crippen LogP contribution in [0.25, 0.3) is 0 Å². The number of anilines is 1. The van der Waals surface area contributed by atoms with Gasteiger partial charge in [0.15, 0.2) is 4.90 Å². The fourth-order valence-corrected chi connectivity index (χ4v) is 2.97. The van der Waals surface area contributed by atoms with E-state index in [-0.39, 0.29) is 0 Å². The molecule has 0 unspecified atom stereocenters. The van der Waals surface area contributed by atoms with Crippen LogP contribution in [0.3, 0.4) is 0 Å². The predicted octanol–water partition coefficient (Wildman–Crippen LogP) is 2.60. The van der Waals surface area contributed by atoms with Gasteiger partial charge >= 0.3 is 5.97 Å². The molecule has 0 heterocycles. The molecule has 9 heteroatoms. The number of hydrogen-bond acceptors (Lipinski definition) is 3. The molecule has 0 saturated heterocycles. The molecular formula is C13H8F3NO4S. The Hall–Kier alpha value is -2.55. The fourth-order valence-electron chi connectivity index (χ4n) is 1.76. The summed E-state index contributed by atoms with van der Waals surface area (Å²) in [6.07, 6.45) is 0. The minimum Gasteiger partial charge on any atom is -0.478 e. The third-order valence-corrected chi connectivity index (χ3v) is 4.08. The summed E-state index contributed by atoms with van der Waals surface area (Å²) in [6.45, 7) is 0. The van der Waals surface area contributed by atoms with E-state index in [1.807, 2.05) is 0 Å². The van der Waals surface area contributed by atoms with Crippen LogP contribution in [-0.4, -0.2) is 19.5 Å². The highest BCUT2D eigenvalue weighted by atomic mass is 32.2. The van der Waals surface area contributed by atoms with E-state index in [1.165, 1.54) is 0 Å². The summed E-state index contributed by atoms with van der Waals surface area (Å²) < 4.78 is 66.3. The highest BCUT2D eigenvalue weighted by molar-refractivity contribution is 7.92. The average molecular weight is 331 g/mol. The molecule has 22 heavy (non-hydrogen) atoms. The smallest absolute Gasteiger partial charge is 0.340 e. The van der Waals surface area contributed by atoms with E-state index < -0.39 is 49.6 Å². The highest BCUT2D eigenvalue weighted by Gasteiger charge is 2.26. The van der Waals surface area contributed by atoms with Crippen LogP contribution in [0.4, 0.5) is 18.9 Å². The number of aromatic carboxylic acids is 1. The quantitative estimate of drug-likeness (QED) is 0.902. The molecule has 0 atom stereocenters. The normalized spacial score (nSPS) is 11.2. The molecule has 5 nitrogen and oxygen atoms in total. The van der Waals surface area contributed by atoms with Crippen LogP contribution in [0, 0.1) is 17.5 Å². The Morgan fingerprint density at radius 3 is 2.00 bits per heavy atom. The van der Waals surface area contributed by atoms with Gasteiger partial charge in [-0.25, -0.2) is 26.4 Å². The van der Waals surface area contributed by atoms with Crippen LogP contribution in [0.5, 0.6) is 0 Å². The first-order valence-corrected chi connectivity index (χ1v) is 7.21. The van der Waals surface area contributed by atoms with E-state index in [0.29, 0.717) is 0 Å². The standard InChI is InChI=1S/C13H8F3NO4S/c14-7-3-2-6-10(11(7)13(18)19)17-22(20,21)12-8(15)4-1-5-9(12)16/h1-6,17H,(H,18,19). The number of sulfonamides is 1. The van der Waals surface area contributed by atoms with Gasteiger partial charge in [-0.05, 0) is 24.3 Å². The van der Waals surface area contributed by atoms with Crippen molar-refractivity contribution in [2.45, 2.75) is 4.90 Å². The molecule has 0 fully saturated rings. The number of hydrogen-bond donors (Lipinski definition) is 2. The monoisotopic (exact) mass is 331 g/mol. The molecule has 0 aliphatic heterocycles. The Morgan fingerprint density at radius 1 is 0.955 bits per heavy atom. The highest BCUT2D eigenvalue weighted by Crippen LogP contribution is 2.25. The van der Waals surface area contributed by atoms with Crippen molar-refractivity contribution in [1.29, 1.82) is 0 Å². The van der Waals surface area contributed by atoms with Crippen LogP contribution in [0.2, 0.25) is 0 Å². The van der Waals surface area contributed by atoms with Gasteiger partial charge in [-0.15, -0.1) is 0 Å². The number of halogens is 3. The zero-order valence-electron chi connectivity index (χ0n) is 10.7. The Balaban J connectivity index is 2.56. The molecule has 0 saturated carbocycles. The van der Waals surface area contributed by atoms with Gasteiger partial charge in [0.05, 0.1) is 5.69 Å². The van der Waals surface area contributed by atoms with Crippen LogP contribution in [-0.2, 0) is 10.0 Å². The molecule has 0 radical (unpaired) electrons. The van der Waals surface area contributed by atoms with Crippen LogP contribution < -0.4 is 4.72 Å². The van der Waals surface area contributed by atoms with Gasteiger partial charge in [0.25, 0.3) is 10.0 Å². The summed E-state index contributed by atoms with van der Waals surface area (Å²) in [4.78, 5) is 9.69. The zero-order chi connectivity index (χ0) is 16.5. The molecule has 0 aliphatic carbocycles. The van der Waals surface area contributed by atoms with Gasteiger partial charge in [-0.3, -0.25) is 4.72 Å². The third kappa shape index (κ3) is 2.89. The van der Waals surface area contributed by atoms with Gasteiger partial charge in [-0.1, -0.05) is 12.1 Å². The summed E-state index contributed by atoms with van der Waals surface area (Å²) in [5.41, 5.74) is -1.60. The summed E-state index contributed by atoms with van der Waals surface area (Å²) in [7, 11) is -4.78. The van der Waals surface area contributed by atoms with Gasteiger partial charge in [0.1, 0.15) is 23.0 Å². The van der Waals surface area contributed by atoms with Crippen molar-refractivity contribution < 1.29 is 31.5 Å². The summed E-state index contributed by atoms with van der Waals surface area (Å²) in [5.74, 6) is -5.65. The Morgan fingerprint density at radius 2 is 1.45 bits per heavy atom. The van der Waals surface area contributed by atoms with Gasteiger partial charge in [0, 0.05) is 0 Å². The number of benzene rings is 2. The number of rotatable bonds is 4. The second kappa shape index (κ2) is 5.68. The summed E-state index contributed by atoms with van der Waals surface area (Å²) in [5, 5.41) is 8.90. The first kappa shape index (κ1) is 15.8. The van der Waals surface area contributed by atoms with E-state index >= 15 is 0 Å². The van der Waals surface area contributed by atoms with Crippen molar-refractivity contribution in [2.24, 2.45) is 0 Å². The number of carboxylic acids is 1. The Bertz CT molecular complexity index is 832. The Kier molecular flexibility index (Phi) is 4.09. The lowest BCUT2D eigenvalue weighted by Gasteiger charge is -2.12. The van der Waals surface area contributed by atoms with Crippen LogP contribution in [0.15, 0.2) is 41.3 Å². The van der Waals surface area contributed by atoms with E-state index in [4.69, 9.17) is 5.11 Å². The van der Waals surface area contributed by atoms with Crippen molar-refractivity contribution in [3.05, 3.63) is 59.4 Å². The molecule has 0 amide bonds. The first-order chi connectivity index (χ1) is 10.2. The molecule has 0 spiro atoms. The van der Waals surface area contributed by atoms with Gasteiger partial charge < -0.3 is 5.11 Å². The number of carbonyl (C=O) groups is 1. The average Bonchev–Trinajstić information content (AvgIpc) is 2.36. The lowest BCUT2D eigenvalue weighted by atomic mass is 10.2. The van der Waals surface area contributed by atoms with E-state index in [1.54, 1.807) is 4.72 Å². The SMILES string of the molecule is O=C(O)c1c(F)cccc1NS(=O)(=O)c1c(F)cccc1F. The first-order valence-electron chi connectivity index (χ1n) is 5.72. The maximum atomic E-state index is 13.5. The molecule has 0 aromatic heterocycles. The van der Waals surface area contributed by atoms with Gasteiger partial charge in [-0.2, -0.15) is 0 Å². The van der Waals surface area contributed by atoms with Crippen LogP contribution >= 0.6 is 0 Å². The van der Waals surface area contributed by atoms with Crippen molar-refractivity contribution in [2.75, 3.05) is 4.72 Å². The molecule has 2 rings (SSSR count). The Labute approximate surface area is 123 Å². The third-order valence-electron chi connectivity index (χ3n) is 2.66. The zero-order valence-corrected chi connectivity index (χ0v) is 11.5. The number of carboxylic acid groups (broad SMARTS) is 1. The molecule has 0 aliphatic rings. The predicted molar refractivity (Wildman–Crippen MR) is 70.5 cm³/mol. The maximum absolute atomic E-state index is 13.5. The van der Waals surface area contributed by atoms with E-state index in [9.17, 15) is 26.4 Å². The van der Waals surface area contributed by atoms with E-state index in [0.717, 1.165) is 36.4 Å². The number of nitrogens with one attached hydrogen (secondary N) is 1. The second-order valence-electron chi connectivity index (χ2n) is 4.12. The van der Waals surface area contributed by atoms with Crippen molar-refractivity contribution in [3.8, 4) is 0 Å². The topological polar surface area (TPSA) is 83.5 Å². The fraction of sp³-hybridized carbons (Fsp3) is 0. The molecular weight excluding hydrogens is 323 g/mol. The molecule has 2 aromatic carbocycles. The van der Waals surface area contributed by atoms with Crippen molar-refractivity contribution in [3.63, 3.8) is 0 Å². The van der Waals surface area contributed by atoms with Crippen LogP contribution in [0.1, 0.15) is 10.4 Å². The maximum Gasteiger partial charge on any atom is 0.340 e. The molecule has 116 valence electrons. The van der Waals surface area contributed by atoms with Gasteiger partial charge in [0.2, 0.25) is 0 Å². The van der Waals surface area contributed by atoms with Crippen molar-refractivity contribution in [1.82, 2.24) is 0 Å². The summed E-state index contributed by atoms with van der Waals surface area (Å²) in [6, 6.07) is 5.24. The van der Waals surface area contributed by atoms with Crippen molar-refractivity contribution >= 4 is 21.7 Å². The molecule has 2 N–H and O–H groups in total. The minimum atomic E-state index is -4.78. The van der Waals surface area contributed by atoms with E-state index in [2.05, 4.69) is 0 Å². The largest absolute Gasteiger partial charge is 0.478 e. The summed E-state index contributed by atoms with van der Waals surface area (Å²) >= 11 is 0. The second-order valence-corrected chi connectivity index (χ2v) is 5.74. The molecule has 0 bridgehead atoms. The molecule has 2 aromatic rings. The lowest BCUT2D eigenvalue weighted by molar-refractivity contribution is 0.0693. The lowest BCUT2D eigenvalue weighted by Crippen LogP contribution is -2.19. The minimum absolute atomic E-state index is 0.643.